The highest BCUT2D eigenvalue weighted by Gasteiger charge is 2.66. The summed E-state index contributed by atoms with van der Waals surface area (Å²) < 4.78 is 10.8. The molecule has 1 unspecified atom stereocenters. The van der Waals surface area contributed by atoms with Crippen molar-refractivity contribution < 1.29 is 9.47 Å². The van der Waals surface area contributed by atoms with Crippen molar-refractivity contribution in [1.29, 1.82) is 0 Å². The second kappa shape index (κ2) is 3.57. The molecule has 1 spiro atoms. The largest absolute Gasteiger partial charge is 0.454 e. The first-order chi connectivity index (χ1) is 8.74. The molecule has 1 aromatic carbocycles. The molecule has 1 aromatic rings. The number of hydrogen-bond donors (Lipinski definition) is 0. The van der Waals surface area contributed by atoms with Gasteiger partial charge in [0.25, 0.3) is 0 Å². The van der Waals surface area contributed by atoms with Gasteiger partial charge >= 0.3 is 0 Å². The standard InChI is InChI=1S/C15H17ClO2/c16-15(9-14(15)6-2-1-3-7-14)11-4-5-12-13(8-11)18-10-17-12/h4-5,8H,1-3,6-7,9-10H2. The highest BCUT2D eigenvalue weighted by Crippen LogP contribution is 2.73. The maximum atomic E-state index is 6.91. The Morgan fingerprint density at radius 2 is 1.78 bits per heavy atom. The highest BCUT2D eigenvalue weighted by molar-refractivity contribution is 6.27. The lowest BCUT2D eigenvalue weighted by molar-refractivity contribution is 0.174. The van der Waals surface area contributed by atoms with Crippen molar-refractivity contribution in [1.82, 2.24) is 0 Å². The van der Waals surface area contributed by atoms with Crippen LogP contribution in [0.25, 0.3) is 0 Å². The van der Waals surface area contributed by atoms with Crippen molar-refractivity contribution in [2.75, 3.05) is 6.79 Å². The smallest absolute Gasteiger partial charge is 0.231 e. The normalized spacial score (nSPS) is 31.6. The first-order valence-electron chi connectivity index (χ1n) is 6.83. The second-order valence-electron chi connectivity index (χ2n) is 5.89. The van der Waals surface area contributed by atoms with Crippen LogP contribution in [-0.4, -0.2) is 6.79 Å². The fourth-order valence-electron chi connectivity index (χ4n) is 3.77. The van der Waals surface area contributed by atoms with E-state index in [9.17, 15) is 0 Å². The Bertz CT molecular complexity index is 493. The van der Waals surface area contributed by atoms with Gasteiger partial charge in [-0.2, -0.15) is 0 Å². The summed E-state index contributed by atoms with van der Waals surface area (Å²) in [5.74, 6) is 1.70. The average Bonchev–Trinajstić information content (AvgIpc) is 2.79. The average molecular weight is 265 g/mol. The van der Waals surface area contributed by atoms with E-state index in [-0.39, 0.29) is 4.87 Å². The van der Waals surface area contributed by atoms with Gasteiger partial charge in [-0.05, 0) is 42.4 Å². The lowest BCUT2D eigenvalue weighted by atomic mass is 9.83. The van der Waals surface area contributed by atoms with Gasteiger partial charge in [0.1, 0.15) is 0 Å². The van der Waals surface area contributed by atoms with Gasteiger partial charge in [-0.1, -0.05) is 25.3 Å². The summed E-state index contributed by atoms with van der Waals surface area (Å²) in [6.07, 6.45) is 7.73. The Kier molecular flexibility index (Phi) is 2.18. The van der Waals surface area contributed by atoms with Crippen molar-refractivity contribution in [3.63, 3.8) is 0 Å². The van der Waals surface area contributed by atoms with Crippen LogP contribution in [-0.2, 0) is 4.87 Å². The van der Waals surface area contributed by atoms with Crippen molar-refractivity contribution >= 4 is 11.6 Å². The quantitative estimate of drug-likeness (QED) is 0.708. The monoisotopic (exact) mass is 264 g/mol. The number of fused-ring (bicyclic) bond motifs is 1. The SMILES string of the molecule is ClC1(c2ccc3c(c2)OCO3)CC12CCCCC2. The van der Waals surface area contributed by atoms with Crippen LogP contribution in [0.5, 0.6) is 11.5 Å². The summed E-state index contributed by atoms with van der Waals surface area (Å²) in [5, 5.41) is 0. The van der Waals surface area contributed by atoms with Gasteiger partial charge in [-0.15, -0.1) is 11.6 Å². The third-order valence-corrected chi connectivity index (χ3v) is 5.69. The van der Waals surface area contributed by atoms with E-state index in [2.05, 4.69) is 12.1 Å². The Morgan fingerprint density at radius 3 is 2.61 bits per heavy atom. The van der Waals surface area contributed by atoms with Crippen molar-refractivity contribution in [3.05, 3.63) is 23.8 Å². The maximum Gasteiger partial charge on any atom is 0.231 e. The molecule has 18 heavy (non-hydrogen) atoms. The van der Waals surface area contributed by atoms with Crippen molar-refractivity contribution in [2.45, 2.75) is 43.4 Å². The molecule has 1 heterocycles. The summed E-state index contributed by atoms with van der Waals surface area (Å²) in [6, 6.07) is 6.19. The van der Waals surface area contributed by atoms with E-state index in [4.69, 9.17) is 21.1 Å². The van der Waals surface area contributed by atoms with E-state index >= 15 is 0 Å². The predicted molar refractivity (Wildman–Crippen MR) is 70.2 cm³/mol. The van der Waals surface area contributed by atoms with E-state index in [1.807, 2.05) is 6.07 Å². The van der Waals surface area contributed by atoms with Crippen LogP contribution in [0.15, 0.2) is 18.2 Å². The molecule has 0 amide bonds. The fraction of sp³-hybridized carbons (Fsp3) is 0.600. The molecular weight excluding hydrogens is 248 g/mol. The Labute approximate surface area is 112 Å². The Hall–Kier alpha value is -0.890. The molecule has 2 aliphatic carbocycles. The van der Waals surface area contributed by atoms with Gasteiger partial charge < -0.3 is 9.47 Å². The lowest BCUT2D eigenvalue weighted by Gasteiger charge is -2.26. The molecule has 0 aromatic heterocycles. The minimum atomic E-state index is -0.144. The van der Waals surface area contributed by atoms with Crippen LogP contribution in [0.1, 0.15) is 44.1 Å². The lowest BCUT2D eigenvalue weighted by Crippen LogP contribution is -2.16. The van der Waals surface area contributed by atoms with E-state index in [1.165, 1.54) is 37.7 Å². The molecule has 0 saturated heterocycles. The molecule has 96 valence electrons. The van der Waals surface area contributed by atoms with Gasteiger partial charge in [-0.25, -0.2) is 0 Å². The van der Waals surface area contributed by atoms with Gasteiger partial charge in [0.15, 0.2) is 11.5 Å². The topological polar surface area (TPSA) is 18.5 Å². The molecular formula is C15H17ClO2. The summed E-state index contributed by atoms with van der Waals surface area (Å²) >= 11 is 6.91. The summed E-state index contributed by atoms with van der Waals surface area (Å²) in [4.78, 5) is -0.144. The molecule has 0 N–H and O–H groups in total. The molecule has 1 atom stereocenters. The van der Waals surface area contributed by atoms with Gasteiger partial charge in [0.2, 0.25) is 6.79 Å². The Morgan fingerprint density at radius 1 is 1.00 bits per heavy atom. The zero-order valence-corrected chi connectivity index (χ0v) is 11.1. The first kappa shape index (κ1) is 11.0. The van der Waals surface area contributed by atoms with Gasteiger partial charge in [-0.3, -0.25) is 0 Å². The van der Waals surface area contributed by atoms with Crippen LogP contribution in [0.4, 0.5) is 0 Å². The number of ether oxygens (including phenoxy) is 2. The van der Waals surface area contributed by atoms with Crippen LogP contribution < -0.4 is 9.47 Å². The summed E-state index contributed by atoms with van der Waals surface area (Å²) in [5.41, 5.74) is 1.58. The van der Waals surface area contributed by atoms with Crippen LogP contribution in [0.3, 0.4) is 0 Å². The number of alkyl halides is 1. The predicted octanol–water partition coefficient (Wildman–Crippen LogP) is 4.20. The number of rotatable bonds is 1. The number of hydrogen-bond acceptors (Lipinski definition) is 2. The number of benzene rings is 1. The van der Waals surface area contributed by atoms with Gasteiger partial charge in [0.05, 0.1) is 4.87 Å². The van der Waals surface area contributed by atoms with Crippen LogP contribution in [0.2, 0.25) is 0 Å². The first-order valence-corrected chi connectivity index (χ1v) is 7.20. The third kappa shape index (κ3) is 1.36. The third-order valence-electron chi connectivity index (χ3n) is 4.94. The van der Waals surface area contributed by atoms with E-state index in [0.29, 0.717) is 12.2 Å². The molecule has 2 saturated carbocycles. The molecule has 0 radical (unpaired) electrons. The fourth-order valence-corrected chi connectivity index (χ4v) is 4.34. The summed E-state index contributed by atoms with van der Waals surface area (Å²) in [6.45, 7) is 0.333. The molecule has 2 nitrogen and oxygen atoms in total. The van der Waals surface area contributed by atoms with Crippen LogP contribution in [0, 0.1) is 5.41 Å². The second-order valence-corrected chi connectivity index (χ2v) is 6.53. The van der Waals surface area contributed by atoms with E-state index in [1.54, 1.807) is 0 Å². The maximum absolute atomic E-state index is 6.91. The van der Waals surface area contributed by atoms with Crippen LogP contribution >= 0.6 is 11.6 Å². The van der Waals surface area contributed by atoms with E-state index < -0.39 is 0 Å². The van der Waals surface area contributed by atoms with E-state index in [0.717, 1.165) is 17.9 Å². The highest BCUT2D eigenvalue weighted by atomic mass is 35.5. The zero-order valence-electron chi connectivity index (χ0n) is 10.4. The molecule has 3 aliphatic rings. The molecule has 3 heteroatoms. The minimum Gasteiger partial charge on any atom is -0.454 e. The zero-order chi connectivity index (χ0) is 12.2. The van der Waals surface area contributed by atoms with Crippen molar-refractivity contribution in [3.8, 4) is 11.5 Å². The summed E-state index contributed by atoms with van der Waals surface area (Å²) in [7, 11) is 0. The van der Waals surface area contributed by atoms with Crippen molar-refractivity contribution in [2.24, 2.45) is 5.41 Å². The molecule has 2 fully saturated rings. The van der Waals surface area contributed by atoms with Gasteiger partial charge in [0, 0.05) is 0 Å². The molecule has 0 bridgehead atoms. The Balaban J connectivity index is 1.67. The molecule has 4 rings (SSSR count). The minimum absolute atomic E-state index is 0.144. The molecule has 1 aliphatic heterocycles. The number of halogens is 1.